The van der Waals surface area contributed by atoms with Crippen molar-refractivity contribution in [1.29, 1.82) is 0 Å². The second-order valence-corrected chi connectivity index (χ2v) is 5.12. The van der Waals surface area contributed by atoms with E-state index in [9.17, 15) is 4.79 Å². The Kier molecular flexibility index (Phi) is 3.57. The van der Waals surface area contributed by atoms with Crippen LogP contribution >= 0.6 is 0 Å². The Morgan fingerprint density at radius 1 is 1.44 bits per heavy atom. The van der Waals surface area contributed by atoms with Gasteiger partial charge >= 0.3 is 0 Å². The number of carbonyl (C=O) groups excluding carboxylic acids is 1. The lowest BCUT2D eigenvalue weighted by molar-refractivity contribution is -0.117. The van der Waals surface area contributed by atoms with Crippen LogP contribution < -0.4 is 16.0 Å². The highest BCUT2D eigenvalue weighted by molar-refractivity contribution is 6.03. The molecule has 0 aliphatic carbocycles. The van der Waals surface area contributed by atoms with Gasteiger partial charge in [0.2, 0.25) is 5.91 Å². The second kappa shape index (κ2) is 4.98. The Hall–Kier alpha value is -1.55. The summed E-state index contributed by atoms with van der Waals surface area (Å²) in [7, 11) is 1.96. The summed E-state index contributed by atoms with van der Waals surface area (Å²) in [5, 5.41) is 2.96. The van der Waals surface area contributed by atoms with Gasteiger partial charge < -0.3 is 16.0 Å². The molecular weight excluding hydrogens is 226 g/mol. The molecular formula is C14H21N3O. The van der Waals surface area contributed by atoms with E-state index in [-0.39, 0.29) is 11.9 Å². The predicted molar refractivity (Wildman–Crippen MR) is 75.0 cm³/mol. The van der Waals surface area contributed by atoms with Crippen LogP contribution in [0.2, 0.25) is 0 Å². The van der Waals surface area contributed by atoms with Crippen molar-refractivity contribution in [2.45, 2.75) is 32.2 Å². The fraction of sp³-hybridized carbons (Fsp3) is 0.500. The number of rotatable bonds is 3. The largest absolute Gasteiger partial charge is 0.361 e. The maximum absolute atomic E-state index is 12.0. The normalized spacial score (nSPS) is 18.8. The van der Waals surface area contributed by atoms with Crippen molar-refractivity contribution in [2.24, 2.45) is 5.73 Å². The van der Waals surface area contributed by atoms with Crippen molar-refractivity contribution in [2.75, 3.05) is 23.8 Å². The highest BCUT2D eigenvalue weighted by Gasteiger charge is 2.29. The number of amides is 1. The van der Waals surface area contributed by atoms with Crippen LogP contribution in [-0.2, 0) is 4.79 Å². The number of hydrogen-bond acceptors (Lipinski definition) is 3. The fourth-order valence-electron chi connectivity index (χ4n) is 2.35. The van der Waals surface area contributed by atoms with Gasteiger partial charge in [-0.15, -0.1) is 0 Å². The van der Waals surface area contributed by atoms with Crippen molar-refractivity contribution in [3.8, 4) is 0 Å². The molecule has 0 aromatic heterocycles. The zero-order valence-electron chi connectivity index (χ0n) is 11.2. The van der Waals surface area contributed by atoms with E-state index < -0.39 is 0 Å². The zero-order valence-corrected chi connectivity index (χ0v) is 11.2. The van der Waals surface area contributed by atoms with Gasteiger partial charge in [-0.3, -0.25) is 4.79 Å². The lowest BCUT2D eigenvalue weighted by atomic mass is 9.99. The van der Waals surface area contributed by atoms with Crippen LogP contribution in [0.3, 0.4) is 0 Å². The molecule has 0 saturated carbocycles. The molecule has 0 bridgehead atoms. The average molecular weight is 247 g/mol. The molecule has 1 amide bonds. The molecule has 1 aliphatic rings. The summed E-state index contributed by atoms with van der Waals surface area (Å²) in [4.78, 5) is 14.0. The highest BCUT2D eigenvalue weighted by atomic mass is 16.2. The number of benzene rings is 1. The van der Waals surface area contributed by atoms with Gasteiger partial charge in [0, 0.05) is 7.05 Å². The van der Waals surface area contributed by atoms with Crippen LogP contribution in [0.5, 0.6) is 0 Å². The lowest BCUT2D eigenvalue weighted by Crippen LogP contribution is -2.47. The van der Waals surface area contributed by atoms with Gasteiger partial charge in [-0.1, -0.05) is 19.9 Å². The number of likely N-dealkylation sites (N-methyl/N-ethyl adjacent to an activating group) is 1. The topological polar surface area (TPSA) is 58.4 Å². The van der Waals surface area contributed by atoms with Gasteiger partial charge in [0.15, 0.2) is 0 Å². The molecule has 1 aromatic carbocycles. The van der Waals surface area contributed by atoms with E-state index in [1.54, 1.807) is 0 Å². The van der Waals surface area contributed by atoms with E-state index in [1.807, 2.05) is 18.0 Å². The molecule has 4 nitrogen and oxygen atoms in total. The molecule has 0 spiro atoms. The summed E-state index contributed by atoms with van der Waals surface area (Å²) in [6, 6.07) is 6.05. The number of fused-ring (bicyclic) bond motifs is 1. The summed E-state index contributed by atoms with van der Waals surface area (Å²) in [5.41, 5.74) is 8.83. The number of hydrogen-bond donors (Lipinski definition) is 2. The molecule has 2 rings (SSSR count). The molecule has 1 aliphatic heterocycles. The first kappa shape index (κ1) is 12.9. The molecule has 4 heteroatoms. The molecule has 1 unspecified atom stereocenters. The van der Waals surface area contributed by atoms with Gasteiger partial charge in [-0.2, -0.15) is 0 Å². The second-order valence-electron chi connectivity index (χ2n) is 5.12. The first-order valence-electron chi connectivity index (χ1n) is 6.42. The monoisotopic (exact) mass is 247 g/mol. The van der Waals surface area contributed by atoms with E-state index in [1.165, 1.54) is 5.56 Å². The third kappa shape index (κ3) is 2.20. The summed E-state index contributed by atoms with van der Waals surface area (Å²) in [6.07, 6.45) is 0.674. The maximum Gasteiger partial charge on any atom is 0.247 e. The van der Waals surface area contributed by atoms with Gasteiger partial charge in [0.1, 0.15) is 6.04 Å². The van der Waals surface area contributed by atoms with Gasteiger partial charge in [0.05, 0.1) is 11.4 Å². The van der Waals surface area contributed by atoms with Crippen LogP contribution in [0.1, 0.15) is 31.7 Å². The van der Waals surface area contributed by atoms with Gasteiger partial charge in [-0.25, -0.2) is 0 Å². The van der Waals surface area contributed by atoms with E-state index in [0.717, 1.165) is 11.4 Å². The minimum atomic E-state index is -0.162. The summed E-state index contributed by atoms with van der Waals surface area (Å²) in [6.45, 7) is 4.85. The Bertz CT molecular complexity index is 456. The Labute approximate surface area is 108 Å². The van der Waals surface area contributed by atoms with E-state index >= 15 is 0 Å². The minimum Gasteiger partial charge on any atom is -0.361 e. The first-order valence-corrected chi connectivity index (χ1v) is 6.42. The smallest absolute Gasteiger partial charge is 0.247 e. The average Bonchev–Trinajstić information content (AvgIpc) is 2.34. The standard InChI is InChI=1S/C14H21N3O/c1-9(2)10-4-5-11-13(8-10)17(3)12(6-7-15)14(18)16-11/h4-5,8-9,12H,6-7,15H2,1-3H3,(H,16,18). The molecule has 18 heavy (non-hydrogen) atoms. The lowest BCUT2D eigenvalue weighted by Gasteiger charge is -2.35. The number of anilines is 2. The molecule has 0 fully saturated rings. The Morgan fingerprint density at radius 2 is 2.17 bits per heavy atom. The maximum atomic E-state index is 12.0. The fourth-order valence-corrected chi connectivity index (χ4v) is 2.35. The molecule has 1 aromatic rings. The van der Waals surface area contributed by atoms with Crippen molar-refractivity contribution in [3.63, 3.8) is 0 Å². The molecule has 98 valence electrons. The molecule has 0 radical (unpaired) electrons. The third-order valence-corrected chi connectivity index (χ3v) is 3.54. The predicted octanol–water partition coefficient (Wildman–Crippen LogP) is 1.92. The number of nitrogens with one attached hydrogen (secondary N) is 1. The van der Waals surface area contributed by atoms with Crippen LogP contribution in [0, 0.1) is 0 Å². The SMILES string of the molecule is CC(C)c1ccc2c(c1)N(C)C(CCN)C(=O)N2. The van der Waals surface area contributed by atoms with Crippen LogP contribution in [0.15, 0.2) is 18.2 Å². The summed E-state index contributed by atoms with van der Waals surface area (Å²) >= 11 is 0. The molecule has 3 N–H and O–H groups in total. The summed E-state index contributed by atoms with van der Waals surface area (Å²) in [5.74, 6) is 0.516. The number of nitrogens with two attached hydrogens (primary N) is 1. The summed E-state index contributed by atoms with van der Waals surface area (Å²) < 4.78 is 0. The van der Waals surface area contributed by atoms with Crippen molar-refractivity contribution < 1.29 is 4.79 Å². The quantitative estimate of drug-likeness (QED) is 0.858. The van der Waals surface area contributed by atoms with Gasteiger partial charge in [0.25, 0.3) is 0 Å². The molecule has 0 saturated heterocycles. The van der Waals surface area contributed by atoms with E-state index in [2.05, 4.69) is 31.3 Å². The Morgan fingerprint density at radius 3 is 2.78 bits per heavy atom. The third-order valence-electron chi connectivity index (χ3n) is 3.54. The van der Waals surface area contributed by atoms with E-state index in [0.29, 0.717) is 18.9 Å². The number of nitrogens with zero attached hydrogens (tertiary/aromatic N) is 1. The van der Waals surface area contributed by atoms with Crippen molar-refractivity contribution >= 4 is 17.3 Å². The van der Waals surface area contributed by atoms with Gasteiger partial charge in [-0.05, 0) is 36.6 Å². The van der Waals surface area contributed by atoms with Crippen LogP contribution in [0.4, 0.5) is 11.4 Å². The minimum absolute atomic E-state index is 0.0350. The Balaban J connectivity index is 2.38. The molecule has 1 atom stereocenters. The first-order chi connectivity index (χ1) is 8.54. The van der Waals surface area contributed by atoms with Crippen LogP contribution in [-0.4, -0.2) is 25.5 Å². The highest BCUT2D eigenvalue weighted by Crippen LogP contribution is 2.34. The molecule has 1 heterocycles. The van der Waals surface area contributed by atoms with Crippen LogP contribution in [0.25, 0.3) is 0 Å². The van der Waals surface area contributed by atoms with E-state index in [4.69, 9.17) is 5.73 Å². The zero-order chi connectivity index (χ0) is 13.3. The van der Waals surface area contributed by atoms with Crippen molar-refractivity contribution in [1.82, 2.24) is 0 Å². The number of carbonyl (C=O) groups is 1. The van der Waals surface area contributed by atoms with Crippen molar-refractivity contribution in [3.05, 3.63) is 23.8 Å².